The highest BCUT2D eigenvalue weighted by molar-refractivity contribution is 7.07. The van der Waals surface area contributed by atoms with Gasteiger partial charge in [0.15, 0.2) is 5.69 Å². The summed E-state index contributed by atoms with van der Waals surface area (Å²) < 4.78 is 38.8. The monoisotopic (exact) mass is 227 g/mol. The van der Waals surface area contributed by atoms with Crippen molar-refractivity contribution in [3.05, 3.63) is 16.6 Å². The Kier molecular flexibility index (Phi) is 5.86. The Labute approximate surface area is 82.5 Å². The zero-order chi connectivity index (χ0) is 11.0. The van der Waals surface area contributed by atoms with Crippen molar-refractivity contribution in [2.45, 2.75) is 13.1 Å². The normalized spacial score (nSPS) is 10.0. The summed E-state index contributed by atoms with van der Waals surface area (Å²) in [6.07, 6.45) is -4.28. The summed E-state index contributed by atoms with van der Waals surface area (Å²) in [5.74, 6) is 0. The molecule has 1 aromatic rings. The van der Waals surface area contributed by atoms with Gasteiger partial charge in [-0.2, -0.15) is 13.2 Å². The van der Waals surface area contributed by atoms with E-state index in [9.17, 15) is 18.0 Å². The van der Waals surface area contributed by atoms with Gasteiger partial charge in [-0.05, 0) is 6.92 Å². The Bertz CT molecular complexity index is 248. The number of rotatable bonds is 2. The van der Waals surface area contributed by atoms with E-state index in [1.165, 1.54) is 0 Å². The lowest BCUT2D eigenvalue weighted by Crippen LogP contribution is -2.04. The number of hydrogen-bond acceptors (Lipinski definition) is 4. The number of carbonyl (C=O) groups is 1. The molecule has 0 saturated carbocycles. The van der Waals surface area contributed by atoms with Gasteiger partial charge in [-0.25, -0.2) is 4.98 Å². The Hall–Kier alpha value is -1.11. The molecular formula is C7H8F3NO2S. The van der Waals surface area contributed by atoms with Crippen LogP contribution in [0.5, 0.6) is 0 Å². The number of ether oxygens (including phenoxy) is 1. The molecule has 7 heteroatoms. The van der Waals surface area contributed by atoms with Crippen LogP contribution in [0.4, 0.5) is 13.2 Å². The van der Waals surface area contributed by atoms with E-state index in [2.05, 4.69) is 9.72 Å². The van der Waals surface area contributed by atoms with Crippen molar-refractivity contribution in [1.82, 2.24) is 4.98 Å². The number of halogens is 3. The molecule has 0 aromatic carbocycles. The fraction of sp³-hybridized carbons (Fsp3) is 0.429. The molecule has 80 valence electrons. The largest absolute Gasteiger partial charge is 0.468 e. The molecule has 1 heterocycles. The Balaban J connectivity index is 0.000000292. The van der Waals surface area contributed by atoms with E-state index < -0.39 is 11.9 Å². The first-order chi connectivity index (χ1) is 6.52. The Morgan fingerprint density at radius 1 is 1.64 bits per heavy atom. The summed E-state index contributed by atoms with van der Waals surface area (Å²) in [5, 5.41) is 0.972. The van der Waals surface area contributed by atoms with Gasteiger partial charge in [0.05, 0.1) is 12.1 Å². The van der Waals surface area contributed by atoms with Crippen molar-refractivity contribution in [2.24, 2.45) is 0 Å². The van der Waals surface area contributed by atoms with E-state index in [0.717, 1.165) is 22.2 Å². The van der Waals surface area contributed by atoms with E-state index in [1.54, 1.807) is 6.92 Å². The molecule has 0 aliphatic rings. The molecule has 0 fully saturated rings. The Morgan fingerprint density at radius 3 is 2.43 bits per heavy atom. The first-order valence-corrected chi connectivity index (χ1v) is 4.47. The molecule has 3 nitrogen and oxygen atoms in total. The SMILES string of the molecule is CCOC=O.FC(F)(F)c1cscn1. The van der Waals surface area contributed by atoms with Crippen LogP contribution in [0.3, 0.4) is 0 Å². The quantitative estimate of drug-likeness (QED) is 0.728. The first-order valence-electron chi connectivity index (χ1n) is 3.53. The van der Waals surface area contributed by atoms with Gasteiger partial charge >= 0.3 is 6.18 Å². The van der Waals surface area contributed by atoms with Crippen LogP contribution in [0.15, 0.2) is 10.9 Å². The minimum absolute atomic E-state index is 0.431. The number of alkyl halides is 3. The molecule has 14 heavy (non-hydrogen) atoms. The van der Waals surface area contributed by atoms with Crippen molar-refractivity contribution in [1.29, 1.82) is 0 Å². The van der Waals surface area contributed by atoms with Gasteiger partial charge in [-0.3, -0.25) is 4.79 Å². The van der Waals surface area contributed by atoms with Crippen molar-refractivity contribution >= 4 is 17.8 Å². The van der Waals surface area contributed by atoms with E-state index >= 15 is 0 Å². The number of hydrogen-bond donors (Lipinski definition) is 0. The lowest BCUT2D eigenvalue weighted by molar-refractivity contribution is -0.140. The van der Waals surface area contributed by atoms with Gasteiger partial charge in [-0.15, -0.1) is 11.3 Å². The van der Waals surface area contributed by atoms with Gasteiger partial charge in [-0.1, -0.05) is 0 Å². The summed E-state index contributed by atoms with van der Waals surface area (Å²) >= 11 is 0.935. The predicted octanol–water partition coefficient (Wildman–Crippen LogP) is 2.34. The van der Waals surface area contributed by atoms with Crippen LogP contribution in [0.2, 0.25) is 0 Å². The highest BCUT2D eigenvalue weighted by Crippen LogP contribution is 2.28. The van der Waals surface area contributed by atoms with Crippen LogP contribution in [-0.4, -0.2) is 18.1 Å². The summed E-state index contributed by atoms with van der Waals surface area (Å²) in [5.41, 5.74) is 0.343. The van der Waals surface area contributed by atoms with Crippen LogP contribution < -0.4 is 0 Å². The van der Waals surface area contributed by atoms with Crippen molar-refractivity contribution in [3.8, 4) is 0 Å². The second-order valence-corrected chi connectivity index (χ2v) is 2.64. The summed E-state index contributed by atoms with van der Waals surface area (Å²) in [6.45, 7) is 2.66. The molecule has 0 spiro atoms. The fourth-order valence-electron chi connectivity index (χ4n) is 0.421. The number of aromatic nitrogens is 1. The molecular weight excluding hydrogens is 219 g/mol. The molecule has 0 aliphatic heterocycles. The molecule has 0 aliphatic carbocycles. The molecule has 0 atom stereocenters. The molecule has 0 saturated heterocycles. The van der Waals surface area contributed by atoms with Crippen LogP contribution >= 0.6 is 11.3 Å². The molecule has 0 amide bonds. The van der Waals surface area contributed by atoms with Crippen LogP contribution in [0, 0.1) is 0 Å². The van der Waals surface area contributed by atoms with E-state index in [4.69, 9.17) is 0 Å². The van der Waals surface area contributed by atoms with E-state index in [1.807, 2.05) is 0 Å². The topological polar surface area (TPSA) is 39.2 Å². The summed E-state index contributed by atoms with van der Waals surface area (Å²) in [6, 6.07) is 0. The zero-order valence-electron chi connectivity index (χ0n) is 7.25. The third-order valence-electron chi connectivity index (χ3n) is 0.957. The van der Waals surface area contributed by atoms with Crippen LogP contribution in [-0.2, 0) is 15.7 Å². The second kappa shape index (κ2) is 6.36. The standard InChI is InChI=1S/C4H2F3NS.C3H6O2/c5-4(6,7)3-1-9-2-8-3;1-2-5-3-4/h1-2H;3H,2H2,1H3. The Morgan fingerprint density at radius 2 is 2.29 bits per heavy atom. The predicted molar refractivity (Wildman–Crippen MR) is 44.8 cm³/mol. The average Bonchev–Trinajstić information content (AvgIpc) is 2.57. The van der Waals surface area contributed by atoms with E-state index in [0.29, 0.717) is 13.1 Å². The lowest BCUT2D eigenvalue weighted by atomic mass is 10.5. The average molecular weight is 227 g/mol. The molecule has 0 radical (unpaired) electrons. The van der Waals surface area contributed by atoms with Crippen LogP contribution in [0.25, 0.3) is 0 Å². The number of nitrogens with zero attached hydrogens (tertiary/aromatic N) is 1. The van der Waals surface area contributed by atoms with Gasteiger partial charge < -0.3 is 4.74 Å². The van der Waals surface area contributed by atoms with Gasteiger partial charge in [0.25, 0.3) is 6.47 Å². The second-order valence-electron chi connectivity index (χ2n) is 1.92. The van der Waals surface area contributed by atoms with Crippen molar-refractivity contribution in [2.75, 3.05) is 6.61 Å². The highest BCUT2D eigenvalue weighted by Gasteiger charge is 2.32. The van der Waals surface area contributed by atoms with Crippen LogP contribution in [0.1, 0.15) is 12.6 Å². The van der Waals surface area contributed by atoms with Crippen molar-refractivity contribution < 1.29 is 22.7 Å². The maximum Gasteiger partial charge on any atom is 0.434 e. The van der Waals surface area contributed by atoms with Crippen molar-refractivity contribution in [3.63, 3.8) is 0 Å². The third-order valence-corrected chi connectivity index (χ3v) is 1.54. The highest BCUT2D eigenvalue weighted by atomic mass is 32.1. The smallest absolute Gasteiger partial charge is 0.434 e. The molecule has 1 aromatic heterocycles. The van der Waals surface area contributed by atoms with E-state index in [-0.39, 0.29) is 0 Å². The summed E-state index contributed by atoms with van der Waals surface area (Å²) in [7, 11) is 0. The lowest BCUT2D eigenvalue weighted by Gasteiger charge is -1.98. The first kappa shape index (κ1) is 12.9. The maximum atomic E-state index is 11.6. The van der Waals surface area contributed by atoms with Gasteiger partial charge in [0.2, 0.25) is 0 Å². The summed E-state index contributed by atoms with van der Waals surface area (Å²) in [4.78, 5) is 12.3. The molecule has 0 unspecified atom stereocenters. The molecule has 0 bridgehead atoms. The molecule has 1 rings (SSSR count). The third kappa shape index (κ3) is 5.52. The van der Waals surface area contributed by atoms with Gasteiger partial charge in [0.1, 0.15) is 0 Å². The number of thiazole rings is 1. The fourth-order valence-corrected chi connectivity index (χ4v) is 0.979. The minimum Gasteiger partial charge on any atom is -0.468 e. The molecule has 0 N–H and O–H groups in total. The van der Waals surface area contributed by atoms with Gasteiger partial charge in [0, 0.05) is 5.38 Å². The minimum atomic E-state index is -4.28. The maximum absolute atomic E-state index is 11.6. The number of carbonyl (C=O) groups excluding carboxylic acids is 1. The zero-order valence-corrected chi connectivity index (χ0v) is 8.06.